The number of hydrogen-bond donors (Lipinski definition) is 2. The number of amides is 1. The van der Waals surface area contributed by atoms with Crippen LogP contribution in [-0.4, -0.2) is 13.0 Å². The van der Waals surface area contributed by atoms with Crippen molar-refractivity contribution in [3.63, 3.8) is 0 Å². The zero-order valence-corrected chi connectivity index (χ0v) is 21.8. The molecule has 4 rings (SSSR count). The molecule has 1 saturated carbocycles. The van der Waals surface area contributed by atoms with E-state index in [0.717, 1.165) is 31.4 Å². The van der Waals surface area contributed by atoms with Gasteiger partial charge in [0.2, 0.25) is 5.91 Å². The maximum absolute atomic E-state index is 13.3. The largest absolute Gasteiger partial charge is 0.349 e. The van der Waals surface area contributed by atoms with Crippen LogP contribution in [0, 0.1) is 5.92 Å². The van der Waals surface area contributed by atoms with Gasteiger partial charge in [0.15, 0.2) is 0 Å². The minimum Gasteiger partial charge on any atom is -0.349 e. The number of carbonyl (C=O) groups excluding carboxylic acids is 1. The van der Waals surface area contributed by atoms with Gasteiger partial charge in [0.05, 0.1) is 13.1 Å². The van der Waals surface area contributed by atoms with Crippen molar-refractivity contribution >= 4 is 5.91 Å². The summed E-state index contributed by atoms with van der Waals surface area (Å²) in [6.45, 7) is 7.67. The molecule has 2 N–H and O–H groups in total. The predicted molar refractivity (Wildman–Crippen MR) is 144 cm³/mol. The van der Waals surface area contributed by atoms with Crippen molar-refractivity contribution in [1.82, 2.24) is 5.32 Å². The average Bonchev–Trinajstić information content (AvgIpc) is 2.90. The molecule has 0 aromatic heterocycles. The van der Waals surface area contributed by atoms with Gasteiger partial charge in [-0.1, -0.05) is 97.8 Å². The van der Waals surface area contributed by atoms with Crippen LogP contribution in [-0.2, 0) is 16.9 Å². The molecule has 1 aliphatic carbocycles. The van der Waals surface area contributed by atoms with Crippen molar-refractivity contribution in [2.75, 3.05) is 7.05 Å². The van der Waals surface area contributed by atoms with Gasteiger partial charge in [-0.2, -0.15) is 0 Å². The minimum absolute atomic E-state index is 0.0279. The van der Waals surface area contributed by atoms with Crippen LogP contribution in [0.25, 0.3) is 0 Å². The molecule has 3 aromatic carbocycles. The second kappa shape index (κ2) is 11.2. The lowest BCUT2D eigenvalue weighted by molar-refractivity contribution is -0.951. The van der Waals surface area contributed by atoms with E-state index in [-0.39, 0.29) is 23.4 Å². The Morgan fingerprint density at radius 1 is 0.914 bits per heavy atom. The fourth-order valence-electron chi connectivity index (χ4n) is 5.50. The van der Waals surface area contributed by atoms with E-state index >= 15 is 0 Å². The normalized spacial score (nSPS) is 20.1. The summed E-state index contributed by atoms with van der Waals surface area (Å²) in [5.74, 6) is 0.543. The smallest absolute Gasteiger partial charge is 0.224 e. The first-order chi connectivity index (χ1) is 16.9. The highest BCUT2D eigenvalue weighted by atomic mass is 16.2. The minimum atomic E-state index is 0.0279. The Morgan fingerprint density at radius 3 is 2.17 bits per heavy atom. The second-order valence-corrected chi connectivity index (χ2v) is 10.8. The molecule has 0 bridgehead atoms. The van der Waals surface area contributed by atoms with E-state index < -0.39 is 0 Å². The molecule has 35 heavy (non-hydrogen) atoms. The zero-order valence-electron chi connectivity index (χ0n) is 21.8. The molecule has 4 atom stereocenters. The average molecular weight is 470 g/mol. The van der Waals surface area contributed by atoms with Gasteiger partial charge in [0.1, 0.15) is 12.1 Å². The first-order valence-electron chi connectivity index (χ1n) is 13.2. The van der Waals surface area contributed by atoms with E-state index in [4.69, 9.17) is 0 Å². The first kappa shape index (κ1) is 25.2. The first-order valence-corrected chi connectivity index (χ1v) is 13.2. The van der Waals surface area contributed by atoms with Crippen LogP contribution < -0.4 is 10.2 Å². The van der Waals surface area contributed by atoms with Gasteiger partial charge >= 0.3 is 0 Å². The molecule has 3 nitrogen and oxygen atoms in total. The quantitative estimate of drug-likeness (QED) is 0.430. The number of rotatable bonds is 8. The van der Waals surface area contributed by atoms with Crippen LogP contribution in [0.15, 0.2) is 84.9 Å². The fraction of sp³-hybridized carbons (Fsp3) is 0.406. The topological polar surface area (TPSA) is 33.5 Å². The maximum atomic E-state index is 13.3. The van der Waals surface area contributed by atoms with Crippen molar-refractivity contribution in [1.29, 1.82) is 0 Å². The lowest BCUT2D eigenvalue weighted by atomic mass is 9.74. The van der Waals surface area contributed by atoms with E-state index in [2.05, 4.69) is 99.9 Å². The standard InChI is InChI=1S/C32H40N2O/c1-24(26-13-7-5-8-14-26)33-31(35)30-18-12-11-17-29(30)27-21-19-25(20-22-27)23-34(4)32(2,3)28-15-9-6-10-16-28/h5-10,13-16,19-22,24,29-30H,11-12,17-18,23H2,1-4H3,(H,33,35)/p+1/t24-,29+,30-/m0/s1. The molecule has 3 aromatic rings. The fourth-order valence-corrected chi connectivity index (χ4v) is 5.50. The molecule has 1 amide bonds. The molecule has 1 unspecified atom stereocenters. The van der Waals surface area contributed by atoms with E-state index in [0.29, 0.717) is 5.92 Å². The Labute approximate surface area is 211 Å². The van der Waals surface area contributed by atoms with Crippen molar-refractivity contribution in [3.8, 4) is 0 Å². The van der Waals surface area contributed by atoms with E-state index in [1.807, 2.05) is 18.2 Å². The molecule has 0 aliphatic heterocycles. The maximum Gasteiger partial charge on any atom is 0.224 e. The van der Waals surface area contributed by atoms with Gasteiger partial charge in [-0.3, -0.25) is 4.79 Å². The highest BCUT2D eigenvalue weighted by Crippen LogP contribution is 2.38. The highest BCUT2D eigenvalue weighted by Gasteiger charge is 2.33. The Bertz CT molecular complexity index is 1080. The molecule has 1 aliphatic rings. The summed E-state index contributed by atoms with van der Waals surface area (Å²) in [7, 11) is 2.27. The van der Waals surface area contributed by atoms with Crippen molar-refractivity contribution in [3.05, 3.63) is 107 Å². The van der Waals surface area contributed by atoms with Crippen LogP contribution in [0.3, 0.4) is 0 Å². The molecule has 0 spiro atoms. The SMILES string of the molecule is C[C@H](NC(=O)[C@H]1CCCC[C@@H]1c1ccc(C[NH+](C)C(C)(C)c2ccccc2)cc1)c1ccccc1. The summed E-state index contributed by atoms with van der Waals surface area (Å²) >= 11 is 0. The van der Waals surface area contributed by atoms with Gasteiger partial charge in [-0.25, -0.2) is 0 Å². The third-order valence-corrected chi connectivity index (χ3v) is 8.20. The third kappa shape index (κ3) is 6.02. The van der Waals surface area contributed by atoms with Crippen LogP contribution in [0.2, 0.25) is 0 Å². The molecule has 0 heterocycles. The number of nitrogens with one attached hydrogen (secondary N) is 2. The van der Waals surface area contributed by atoms with Crippen LogP contribution in [0.1, 0.15) is 80.7 Å². The molecule has 3 heteroatoms. The Morgan fingerprint density at radius 2 is 1.51 bits per heavy atom. The van der Waals surface area contributed by atoms with Crippen LogP contribution >= 0.6 is 0 Å². The summed E-state index contributed by atoms with van der Waals surface area (Å²) in [6.07, 6.45) is 4.39. The summed E-state index contributed by atoms with van der Waals surface area (Å²) in [5, 5.41) is 3.29. The van der Waals surface area contributed by atoms with Gasteiger partial charge in [-0.15, -0.1) is 0 Å². The van der Waals surface area contributed by atoms with E-state index in [9.17, 15) is 4.79 Å². The van der Waals surface area contributed by atoms with E-state index in [1.54, 1.807) is 0 Å². The molecule has 184 valence electrons. The summed E-state index contributed by atoms with van der Waals surface area (Å²) in [4.78, 5) is 14.8. The Kier molecular flexibility index (Phi) is 8.07. The monoisotopic (exact) mass is 469 g/mol. The molecular formula is C32H41N2O+. The van der Waals surface area contributed by atoms with Crippen molar-refractivity contribution in [2.24, 2.45) is 5.92 Å². The number of carbonyl (C=O) groups is 1. The van der Waals surface area contributed by atoms with Gasteiger partial charge in [0.25, 0.3) is 0 Å². The van der Waals surface area contributed by atoms with Crippen LogP contribution in [0.4, 0.5) is 0 Å². The van der Waals surface area contributed by atoms with Crippen molar-refractivity contribution in [2.45, 2.75) is 70.5 Å². The number of hydrogen-bond acceptors (Lipinski definition) is 1. The predicted octanol–water partition coefficient (Wildman–Crippen LogP) is 5.79. The molecule has 1 fully saturated rings. The lowest BCUT2D eigenvalue weighted by Crippen LogP contribution is -3.14. The molecule has 0 radical (unpaired) electrons. The van der Waals surface area contributed by atoms with Crippen molar-refractivity contribution < 1.29 is 9.69 Å². The molecular weight excluding hydrogens is 428 g/mol. The highest BCUT2D eigenvalue weighted by molar-refractivity contribution is 5.80. The summed E-state index contributed by atoms with van der Waals surface area (Å²) in [5.41, 5.74) is 5.19. The summed E-state index contributed by atoms with van der Waals surface area (Å²) in [6, 6.07) is 30.1. The van der Waals surface area contributed by atoms with Crippen LogP contribution in [0.5, 0.6) is 0 Å². The zero-order chi connectivity index (χ0) is 24.8. The van der Waals surface area contributed by atoms with Gasteiger partial charge in [-0.05, 0) is 50.7 Å². The number of quaternary nitrogens is 1. The Hall–Kier alpha value is -2.91. The van der Waals surface area contributed by atoms with Gasteiger partial charge < -0.3 is 10.2 Å². The lowest BCUT2D eigenvalue weighted by Gasteiger charge is -2.33. The van der Waals surface area contributed by atoms with E-state index in [1.165, 1.54) is 28.0 Å². The summed E-state index contributed by atoms with van der Waals surface area (Å²) < 4.78 is 0. The molecule has 0 saturated heterocycles. The van der Waals surface area contributed by atoms with Gasteiger partial charge in [0, 0.05) is 17.0 Å². The third-order valence-electron chi connectivity index (χ3n) is 8.20. The number of benzene rings is 3. The Balaban J connectivity index is 1.42. The second-order valence-electron chi connectivity index (χ2n) is 10.8.